The summed E-state index contributed by atoms with van der Waals surface area (Å²) in [4.78, 5) is 15.6. The van der Waals surface area contributed by atoms with Gasteiger partial charge in [-0.15, -0.1) is 0 Å². The lowest BCUT2D eigenvalue weighted by molar-refractivity contribution is 0.988. The van der Waals surface area contributed by atoms with Crippen molar-refractivity contribution >= 4 is 5.69 Å². The number of anilines is 1. The number of rotatable bonds is 4. The van der Waals surface area contributed by atoms with E-state index in [0.29, 0.717) is 6.54 Å². The Kier molecular flexibility index (Phi) is 3.71. The summed E-state index contributed by atoms with van der Waals surface area (Å²) in [5.41, 5.74) is 6.44. The van der Waals surface area contributed by atoms with Gasteiger partial charge in [-0.3, -0.25) is 0 Å². The molecule has 1 aromatic carbocycles. The number of benzene rings is 1. The fraction of sp³-hybridized carbons (Fsp3) is 0.294. The first-order chi connectivity index (χ1) is 10.5. The molecule has 2 aromatic heterocycles. The maximum Gasteiger partial charge on any atom is 0.137 e. The molecular formula is C17H21N5. The maximum absolute atomic E-state index is 4.55. The lowest BCUT2D eigenvalue weighted by Gasteiger charge is -2.06. The number of aromatic amines is 2. The Morgan fingerprint density at radius 2 is 1.68 bits per heavy atom. The molecule has 0 bridgehead atoms. The fourth-order valence-corrected chi connectivity index (χ4v) is 2.35. The minimum Gasteiger partial charge on any atom is -0.378 e. The van der Waals surface area contributed by atoms with Gasteiger partial charge in [-0.2, -0.15) is 0 Å². The highest BCUT2D eigenvalue weighted by Gasteiger charge is 2.06. The Labute approximate surface area is 130 Å². The fourth-order valence-electron chi connectivity index (χ4n) is 2.35. The second-order valence-corrected chi connectivity index (χ2v) is 5.62. The lowest BCUT2D eigenvalue weighted by atomic mass is 10.2. The first-order valence-electron chi connectivity index (χ1n) is 7.42. The monoisotopic (exact) mass is 295 g/mol. The lowest BCUT2D eigenvalue weighted by Crippen LogP contribution is -2.01. The van der Waals surface area contributed by atoms with Gasteiger partial charge in [0.25, 0.3) is 0 Å². The van der Waals surface area contributed by atoms with Crippen LogP contribution in [-0.2, 0) is 6.54 Å². The number of nitrogens with one attached hydrogen (secondary N) is 3. The molecule has 0 radical (unpaired) electrons. The number of imidazole rings is 2. The molecule has 0 aliphatic heterocycles. The van der Waals surface area contributed by atoms with E-state index in [4.69, 9.17) is 0 Å². The van der Waals surface area contributed by atoms with Crippen LogP contribution in [0, 0.1) is 27.7 Å². The summed E-state index contributed by atoms with van der Waals surface area (Å²) in [5, 5.41) is 3.40. The van der Waals surface area contributed by atoms with Crippen LogP contribution in [0.15, 0.2) is 24.3 Å². The van der Waals surface area contributed by atoms with Gasteiger partial charge in [0, 0.05) is 22.6 Å². The van der Waals surface area contributed by atoms with Gasteiger partial charge in [0.05, 0.1) is 17.9 Å². The molecule has 0 saturated carbocycles. The predicted octanol–water partition coefficient (Wildman–Crippen LogP) is 3.65. The van der Waals surface area contributed by atoms with Crippen molar-refractivity contribution in [2.45, 2.75) is 34.2 Å². The van der Waals surface area contributed by atoms with Crippen LogP contribution >= 0.6 is 0 Å². The second-order valence-electron chi connectivity index (χ2n) is 5.62. The van der Waals surface area contributed by atoms with E-state index in [1.807, 2.05) is 33.8 Å². The molecule has 22 heavy (non-hydrogen) atoms. The number of aryl methyl sites for hydroxylation is 4. The normalized spacial score (nSPS) is 10.9. The molecule has 0 aliphatic carbocycles. The number of hydrogen-bond acceptors (Lipinski definition) is 3. The topological polar surface area (TPSA) is 69.4 Å². The van der Waals surface area contributed by atoms with Crippen molar-refractivity contribution in [3.05, 3.63) is 52.9 Å². The molecule has 0 amide bonds. The van der Waals surface area contributed by atoms with Crippen molar-refractivity contribution in [2.75, 3.05) is 5.32 Å². The number of H-pyrrole nitrogens is 2. The second kappa shape index (κ2) is 5.67. The molecule has 0 fully saturated rings. The van der Waals surface area contributed by atoms with E-state index >= 15 is 0 Å². The van der Waals surface area contributed by atoms with E-state index in [1.54, 1.807) is 0 Å². The van der Waals surface area contributed by atoms with Crippen molar-refractivity contribution in [3.8, 4) is 11.4 Å². The highest BCUT2D eigenvalue weighted by Crippen LogP contribution is 2.21. The molecule has 3 N–H and O–H groups in total. The predicted molar refractivity (Wildman–Crippen MR) is 88.9 cm³/mol. The molecule has 0 atom stereocenters. The first kappa shape index (κ1) is 14.4. The van der Waals surface area contributed by atoms with Gasteiger partial charge in [-0.05, 0) is 39.8 Å². The molecule has 114 valence electrons. The zero-order chi connectivity index (χ0) is 15.7. The highest BCUT2D eigenvalue weighted by atomic mass is 15.0. The molecule has 3 aromatic rings. The van der Waals surface area contributed by atoms with E-state index in [9.17, 15) is 0 Å². The molecule has 0 spiro atoms. The molecule has 5 nitrogen and oxygen atoms in total. The van der Waals surface area contributed by atoms with Crippen LogP contribution in [0.3, 0.4) is 0 Å². The minimum atomic E-state index is 0.675. The van der Waals surface area contributed by atoms with Crippen LogP contribution in [-0.4, -0.2) is 19.9 Å². The van der Waals surface area contributed by atoms with Gasteiger partial charge < -0.3 is 15.3 Å². The quantitative estimate of drug-likeness (QED) is 0.688. The molecule has 0 aliphatic rings. The van der Waals surface area contributed by atoms with E-state index in [-0.39, 0.29) is 0 Å². The summed E-state index contributed by atoms with van der Waals surface area (Å²) < 4.78 is 0. The van der Waals surface area contributed by atoms with Crippen molar-refractivity contribution in [2.24, 2.45) is 0 Å². The van der Waals surface area contributed by atoms with Crippen LogP contribution < -0.4 is 5.32 Å². The average Bonchev–Trinajstić information content (AvgIpc) is 3.00. The number of aromatic nitrogens is 4. The van der Waals surface area contributed by atoms with Crippen molar-refractivity contribution < 1.29 is 0 Å². The molecule has 3 rings (SSSR count). The standard InChI is InChI=1S/C17H21N5/c1-10-11(2)20-16(19-10)9-18-15-7-5-6-14(8-15)17-21-12(3)13(4)22-17/h5-8,18H,9H2,1-4H3,(H,19,20)(H,21,22). The summed E-state index contributed by atoms with van der Waals surface area (Å²) >= 11 is 0. The number of nitrogens with zero attached hydrogens (tertiary/aromatic N) is 2. The first-order valence-corrected chi connectivity index (χ1v) is 7.42. The van der Waals surface area contributed by atoms with E-state index < -0.39 is 0 Å². The summed E-state index contributed by atoms with van der Waals surface area (Å²) in [5.74, 6) is 1.86. The summed E-state index contributed by atoms with van der Waals surface area (Å²) in [6.07, 6.45) is 0. The average molecular weight is 295 g/mol. The highest BCUT2D eigenvalue weighted by molar-refractivity contribution is 5.63. The van der Waals surface area contributed by atoms with E-state index in [2.05, 4.69) is 43.5 Å². The molecule has 0 unspecified atom stereocenters. The van der Waals surface area contributed by atoms with Gasteiger partial charge >= 0.3 is 0 Å². The molecule has 2 heterocycles. The minimum absolute atomic E-state index is 0.675. The zero-order valence-corrected chi connectivity index (χ0v) is 13.4. The van der Waals surface area contributed by atoms with E-state index in [1.165, 1.54) is 0 Å². The van der Waals surface area contributed by atoms with Gasteiger partial charge in [-0.1, -0.05) is 12.1 Å². The Morgan fingerprint density at radius 1 is 0.955 bits per heavy atom. The number of hydrogen-bond donors (Lipinski definition) is 3. The van der Waals surface area contributed by atoms with Crippen LogP contribution in [0.4, 0.5) is 5.69 Å². The summed E-state index contributed by atoms with van der Waals surface area (Å²) in [7, 11) is 0. The van der Waals surface area contributed by atoms with Crippen molar-refractivity contribution in [1.82, 2.24) is 19.9 Å². The van der Waals surface area contributed by atoms with Crippen molar-refractivity contribution in [1.29, 1.82) is 0 Å². The van der Waals surface area contributed by atoms with Crippen LogP contribution in [0.2, 0.25) is 0 Å². The zero-order valence-electron chi connectivity index (χ0n) is 13.4. The van der Waals surface area contributed by atoms with Gasteiger partial charge in [0.15, 0.2) is 0 Å². The summed E-state index contributed by atoms with van der Waals surface area (Å²) in [6.45, 7) is 8.77. The summed E-state index contributed by atoms with van der Waals surface area (Å²) in [6, 6.07) is 8.24. The SMILES string of the molecule is Cc1nc(CNc2cccc(-c3nc(C)c(C)[nH]3)c2)[nH]c1C. The van der Waals surface area contributed by atoms with E-state index in [0.717, 1.165) is 45.7 Å². The Morgan fingerprint density at radius 3 is 2.32 bits per heavy atom. The van der Waals surface area contributed by atoms with Gasteiger partial charge in [-0.25, -0.2) is 9.97 Å². The Bertz CT molecular complexity index is 758. The van der Waals surface area contributed by atoms with Crippen LogP contribution in [0.5, 0.6) is 0 Å². The Balaban J connectivity index is 1.76. The van der Waals surface area contributed by atoms with Crippen LogP contribution in [0.1, 0.15) is 28.6 Å². The third kappa shape index (κ3) is 2.88. The van der Waals surface area contributed by atoms with Crippen LogP contribution in [0.25, 0.3) is 11.4 Å². The smallest absolute Gasteiger partial charge is 0.137 e. The van der Waals surface area contributed by atoms with Gasteiger partial charge in [0.2, 0.25) is 0 Å². The van der Waals surface area contributed by atoms with Crippen molar-refractivity contribution in [3.63, 3.8) is 0 Å². The molecule has 0 saturated heterocycles. The maximum atomic E-state index is 4.55. The molecule has 5 heteroatoms. The Hall–Kier alpha value is -2.56. The third-order valence-electron chi connectivity index (χ3n) is 3.90. The third-order valence-corrected chi connectivity index (χ3v) is 3.90. The largest absolute Gasteiger partial charge is 0.378 e. The molecular weight excluding hydrogens is 274 g/mol. The van der Waals surface area contributed by atoms with Gasteiger partial charge in [0.1, 0.15) is 11.6 Å².